The van der Waals surface area contributed by atoms with Crippen molar-refractivity contribution in [2.75, 3.05) is 13.2 Å². The Morgan fingerprint density at radius 3 is 1.14 bits per heavy atom. The van der Waals surface area contributed by atoms with E-state index in [4.69, 9.17) is 4.74 Å². The number of allylic oxidation sites excluding steroid dienone is 4. The van der Waals surface area contributed by atoms with Crippen LogP contribution in [0.2, 0.25) is 0 Å². The van der Waals surface area contributed by atoms with Crippen LogP contribution in [0.1, 0.15) is 316 Å². The first-order valence-electron chi connectivity index (χ1n) is 29.1. The minimum Gasteiger partial charge on any atom is -0.466 e. The molecule has 0 radical (unpaired) electrons. The number of hydrogen-bond donors (Lipinski definition) is 3. The highest BCUT2D eigenvalue weighted by molar-refractivity contribution is 5.76. The molecule has 3 N–H and O–H groups in total. The molecule has 6 heteroatoms. The Hall–Kier alpha value is -1.66. The van der Waals surface area contributed by atoms with Gasteiger partial charge in [0.2, 0.25) is 5.91 Å². The van der Waals surface area contributed by atoms with Gasteiger partial charge < -0.3 is 20.3 Å². The number of carbonyl (C=O) groups is 2. The number of ether oxygens (including phenoxy) is 1. The summed E-state index contributed by atoms with van der Waals surface area (Å²) < 4.78 is 5.44. The third-order valence-corrected chi connectivity index (χ3v) is 13.5. The van der Waals surface area contributed by atoms with Gasteiger partial charge in [-0.25, -0.2) is 0 Å². The molecule has 0 aliphatic heterocycles. The molecule has 2 unspecified atom stereocenters. The van der Waals surface area contributed by atoms with Gasteiger partial charge in [-0.05, 0) is 57.8 Å². The van der Waals surface area contributed by atoms with Crippen LogP contribution in [0.3, 0.4) is 0 Å². The van der Waals surface area contributed by atoms with Crippen molar-refractivity contribution in [3.8, 4) is 0 Å². The monoisotopic (exact) mass is 916 g/mol. The average molecular weight is 917 g/mol. The van der Waals surface area contributed by atoms with Gasteiger partial charge >= 0.3 is 5.97 Å². The van der Waals surface area contributed by atoms with Crippen LogP contribution in [0.4, 0.5) is 0 Å². The molecule has 0 aromatic rings. The number of carbonyl (C=O) groups excluding carboxylic acids is 2. The van der Waals surface area contributed by atoms with Crippen LogP contribution in [-0.2, 0) is 14.3 Å². The summed E-state index contributed by atoms with van der Waals surface area (Å²) >= 11 is 0. The molecule has 0 bridgehead atoms. The minimum atomic E-state index is -0.679. The third-order valence-electron chi connectivity index (χ3n) is 13.5. The van der Waals surface area contributed by atoms with Gasteiger partial charge in [0, 0.05) is 12.8 Å². The summed E-state index contributed by atoms with van der Waals surface area (Å²) in [5.41, 5.74) is 0. The van der Waals surface area contributed by atoms with Crippen molar-refractivity contribution < 1.29 is 24.5 Å². The van der Waals surface area contributed by atoms with Crippen molar-refractivity contribution in [3.05, 3.63) is 24.3 Å². The van der Waals surface area contributed by atoms with E-state index in [9.17, 15) is 19.8 Å². The maximum atomic E-state index is 12.5. The number of hydrogen-bond acceptors (Lipinski definition) is 5. The highest BCUT2D eigenvalue weighted by atomic mass is 16.5. The summed E-state index contributed by atoms with van der Waals surface area (Å²) in [6, 6.07) is -0.558. The van der Waals surface area contributed by atoms with Crippen LogP contribution >= 0.6 is 0 Å². The van der Waals surface area contributed by atoms with E-state index < -0.39 is 12.1 Å². The van der Waals surface area contributed by atoms with E-state index in [0.29, 0.717) is 25.9 Å². The van der Waals surface area contributed by atoms with Gasteiger partial charge in [0.05, 0.1) is 25.4 Å². The van der Waals surface area contributed by atoms with E-state index in [1.165, 1.54) is 205 Å². The molecule has 0 spiro atoms. The van der Waals surface area contributed by atoms with E-state index in [0.717, 1.165) is 77.0 Å². The van der Waals surface area contributed by atoms with Gasteiger partial charge in [-0.15, -0.1) is 0 Å². The van der Waals surface area contributed by atoms with Gasteiger partial charge in [0.15, 0.2) is 0 Å². The number of aliphatic hydroxyl groups excluding tert-OH is 2. The summed E-state index contributed by atoms with van der Waals surface area (Å²) in [4.78, 5) is 24.5. The molecule has 0 heterocycles. The fourth-order valence-electron chi connectivity index (χ4n) is 9.04. The lowest BCUT2D eigenvalue weighted by Crippen LogP contribution is -2.45. The molecule has 0 aliphatic carbocycles. The maximum absolute atomic E-state index is 12.5. The molecule has 2 atom stereocenters. The van der Waals surface area contributed by atoms with E-state index >= 15 is 0 Å². The van der Waals surface area contributed by atoms with Crippen molar-refractivity contribution in [1.82, 2.24) is 5.32 Å². The van der Waals surface area contributed by atoms with E-state index in [-0.39, 0.29) is 18.5 Å². The number of esters is 1. The van der Waals surface area contributed by atoms with Gasteiger partial charge in [0.25, 0.3) is 0 Å². The van der Waals surface area contributed by atoms with Gasteiger partial charge in [-0.2, -0.15) is 0 Å². The number of aliphatic hydroxyl groups is 2. The summed E-state index contributed by atoms with van der Waals surface area (Å²) in [6.07, 6.45) is 66.0. The largest absolute Gasteiger partial charge is 0.466 e. The summed E-state index contributed by atoms with van der Waals surface area (Å²) in [7, 11) is 0. The summed E-state index contributed by atoms with van der Waals surface area (Å²) in [6.45, 7) is 4.91. The molecule has 1 amide bonds. The van der Waals surface area contributed by atoms with Crippen molar-refractivity contribution in [1.29, 1.82) is 0 Å². The third kappa shape index (κ3) is 51.6. The van der Waals surface area contributed by atoms with Gasteiger partial charge in [-0.1, -0.05) is 269 Å². The first kappa shape index (κ1) is 63.3. The van der Waals surface area contributed by atoms with Crippen molar-refractivity contribution in [3.63, 3.8) is 0 Å². The molecule has 0 rings (SSSR count). The first-order valence-corrected chi connectivity index (χ1v) is 29.1. The predicted molar refractivity (Wildman–Crippen MR) is 283 cm³/mol. The lowest BCUT2D eigenvalue weighted by atomic mass is 10.0. The smallest absolute Gasteiger partial charge is 0.305 e. The zero-order valence-electron chi connectivity index (χ0n) is 43.7. The molecule has 384 valence electrons. The molecule has 6 nitrogen and oxygen atoms in total. The second kappa shape index (κ2) is 54.9. The summed E-state index contributed by atoms with van der Waals surface area (Å²) in [5, 5.41) is 23.3. The second-order valence-corrected chi connectivity index (χ2v) is 20.0. The highest BCUT2D eigenvalue weighted by Crippen LogP contribution is 2.17. The zero-order valence-corrected chi connectivity index (χ0v) is 43.7. The van der Waals surface area contributed by atoms with Gasteiger partial charge in [-0.3, -0.25) is 9.59 Å². The second-order valence-electron chi connectivity index (χ2n) is 20.0. The van der Waals surface area contributed by atoms with E-state index in [1.807, 2.05) is 0 Å². The fourth-order valence-corrected chi connectivity index (χ4v) is 9.04. The number of unbranched alkanes of at least 4 members (excludes halogenated alkanes) is 40. The highest BCUT2D eigenvalue weighted by Gasteiger charge is 2.20. The van der Waals surface area contributed by atoms with E-state index in [2.05, 4.69) is 43.5 Å². The Bertz CT molecular complexity index is 1010. The van der Waals surface area contributed by atoms with E-state index in [1.54, 1.807) is 0 Å². The van der Waals surface area contributed by atoms with Crippen molar-refractivity contribution >= 4 is 11.9 Å². The predicted octanol–water partition coefficient (Wildman–Crippen LogP) is 17.9. The molecule has 0 aromatic heterocycles. The molecular formula is C59H113NO5. The first-order chi connectivity index (χ1) is 32.0. The number of amides is 1. The maximum Gasteiger partial charge on any atom is 0.305 e. The average Bonchev–Trinajstić information content (AvgIpc) is 3.31. The molecular weight excluding hydrogens is 803 g/mol. The van der Waals surface area contributed by atoms with Crippen LogP contribution in [0.5, 0.6) is 0 Å². The zero-order chi connectivity index (χ0) is 47.2. The van der Waals surface area contributed by atoms with Crippen LogP contribution in [-0.4, -0.2) is 47.4 Å². The standard InChI is InChI=1S/C59H113NO5/c1-3-5-7-9-11-13-15-17-18-19-20-21-22-24-28-31-35-39-43-47-51-57(62)56(55-61)60-58(63)52-48-44-40-36-32-29-25-23-26-30-34-38-42-46-50-54-65-59(64)53-49-45-41-37-33-27-16-14-12-10-8-6-4-2/h23,26,30,34,56-57,61-62H,3-22,24-25,27-29,31-33,35-55H2,1-2H3,(H,60,63)/b26-23-,34-30-. The molecule has 0 saturated heterocycles. The van der Waals surface area contributed by atoms with Crippen molar-refractivity contribution in [2.45, 2.75) is 328 Å². The SMILES string of the molecule is CCCCCCCCCCCCCCCCCCCCCCC(O)C(CO)NC(=O)CCCCCCCC/C=C\C=C/CCCCCOC(=O)CCCCCCCCCCCCCCC. The van der Waals surface area contributed by atoms with Crippen LogP contribution in [0.25, 0.3) is 0 Å². The molecule has 0 fully saturated rings. The van der Waals surface area contributed by atoms with Crippen LogP contribution in [0.15, 0.2) is 24.3 Å². The minimum absolute atomic E-state index is 0.0196. The molecule has 0 aliphatic rings. The number of rotatable bonds is 54. The Balaban J connectivity index is 3.51. The van der Waals surface area contributed by atoms with Crippen molar-refractivity contribution in [2.24, 2.45) is 0 Å². The Kier molecular flexibility index (Phi) is 53.5. The lowest BCUT2D eigenvalue weighted by molar-refractivity contribution is -0.143. The Labute approximate surface area is 405 Å². The number of nitrogens with one attached hydrogen (secondary N) is 1. The quantitative estimate of drug-likeness (QED) is 0.0321. The summed E-state index contributed by atoms with van der Waals surface area (Å²) in [5.74, 6) is -0.0744. The lowest BCUT2D eigenvalue weighted by Gasteiger charge is -2.22. The van der Waals surface area contributed by atoms with Crippen LogP contribution < -0.4 is 5.32 Å². The molecule has 0 saturated carbocycles. The molecule has 0 aromatic carbocycles. The van der Waals surface area contributed by atoms with Gasteiger partial charge in [0.1, 0.15) is 0 Å². The Morgan fingerprint density at radius 1 is 0.431 bits per heavy atom. The molecule has 65 heavy (non-hydrogen) atoms. The topological polar surface area (TPSA) is 95.9 Å². The fraction of sp³-hybridized carbons (Fsp3) is 0.898. The van der Waals surface area contributed by atoms with Crippen LogP contribution in [0, 0.1) is 0 Å². The Morgan fingerprint density at radius 2 is 0.754 bits per heavy atom. The normalized spacial score (nSPS) is 12.7.